The molecule has 0 saturated carbocycles. The zero-order valence-corrected chi connectivity index (χ0v) is 15.9. The van der Waals surface area contributed by atoms with Gasteiger partial charge in [0.05, 0.1) is 6.54 Å². The van der Waals surface area contributed by atoms with Crippen molar-refractivity contribution >= 4 is 47.0 Å². The average molecular weight is 401 g/mol. The molecule has 1 heterocycles. The summed E-state index contributed by atoms with van der Waals surface area (Å²) < 4.78 is 0. The number of carbonyl (C=O) groups is 4. The van der Waals surface area contributed by atoms with Crippen LogP contribution in [0.15, 0.2) is 18.2 Å². The largest absolute Gasteiger partial charge is 0.347 e. The summed E-state index contributed by atoms with van der Waals surface area (Å²) in [6, 6.07) is 3.83. The van der Waals surface area contributed by atoms with Gasteiger partial charge in [0.15, 0.2) is 0 Å². The fourth-order valence-corrected chi connectivity index (χ4v) is 3.05. The van der Waals surface area contributed by atoms with Crippen LogP contribution in [0.1, 0.15) is 12.5 Å². The number of benzene rings is 1. The van der Waals surface area contributed by atoms with E-state index < -0.39 is 29.9 Å². The van der Waals surface area contributed by atoms with E-state index in [0.717, 1.165) is 4.90 Å². The second kappa shape index (κ2) is 7.51. The Labute approximate surface area is 160 Å². The highest BCUT2D eigenvalue weighted by Gasteiger charge is 2.50. The summed E-state index contributed by atoms with van der Waals surface area (Å²) in [6.07, 6.45) is 0. The van der Waals surface area contributed by atoms with Crippen LogP contribution in [-0.2, 0) is 19.9 Å². The Morgan fingerprint density at radius 3 is 2.50 bits per heavy atom. The zero-order valence-electron chi connectivity index (χ0n) is 14.4. The number of nitrogens with zero attached hydrogens (tertiary/aromatic N) is 2. The number of likely N-dealkylation sites (N-methyl/N-ethyl adjacent to an activating group) is 1. The average Bonchev–Trinajstić information content (AvgIpc) is 2.76. The van der Waals surface area contributed by atoms with Gasteiger partial charge in [0.1, 0.15) is 12.1 Å². The molecule has 0 spiro atoms. The van der Waals surface area contributed by atoms with Crippen LogP contribution in [0.4, 0.5) is 4.79 Å². The first kappa shape index (κ1) is 20.0. The van der Waals surface area contributed by atoms with E-state index >= 15 is 0 Å². The van der Waals surface area contributed by atoms with Gasteiger partial charge in [0.25, 0.3) is 5.91 Å². The third-order valence-electron chi connectivity index (χ3n) is 3.98. The third kappa shape index (κ3) is 3.91. The smallest absolute Gasteiger partial charge is 0.325 e. The van der Waals surface area contributed by atoms with Crippen LogP contribution >= 0.6 is 23.2 Å². The fraction of sp³-hybridized carbons (Fsp3) is 0.375. The van der Waals surface area contributed by atoms with Crippen LogP contribution < -0.4 is 10.6 Å². The molecule has 1 aromatic rings. The molecular weight excluding hydrogens is 383 g/mol. The number of hydrogen-bond donors (Lipinski definition) is 2. The molecule has 0 aliphatic carbocycles. The number of imide groups is 1. The van der Waals surface area contributed by atoms with Gasteiger partial charge in [-0.15, -0.1) is 0 Å². The van der Waals surface area contributed by atoms with Gasteiger partial charge in [-0.05, 0) is 19.1 Å². The quantitative estimate of drug-likeness (QED) is 0.719. The van der Waals surface area contributed by atoms with Crippen LogP contribution in [0, 0.1) is 0 Å². The molecule has 1 fully saturated rings. The minimum atomic E-state index is -1.42. The lowest BCUT2D eigenvalue weighted by atomic mass is 9.92. The Morgan fingerprint density at radius 2 is 1.92 bits per heavy atom. The summed E-state index contributed by atoms with van der Waals surface area (Å²) in [7, 11) is 3.10. The van der Waals surface area contributed by atoms with Crippen LogP contribution in [0.2, 0.25) is 10.0 Å². The summed E-state index contributed by atoms with van der Waals surface area (Å²) in [5.41, 5.74) is -1.05. The molecule has 0 unspecified atom stereocenters. The van der Waals surface area contributed by atoms with Gasteiger partial charge in [-0.25, -0.2) is 4.79 Å². The molecule has 1 atom stereocenters. The lowest BCUT2D eigenvalue weighted by Crippen LogP contribution is -2.45. The lowest BCUT2D eigenvalue weighted by Gasteiger charge is -2.23. The number of nitrogens with one attached hydrogen (secondary N) is 2. The highest BCUT2D eigenvalue weighted by Crippen LogP contribution is 2.34. The van der Waals surface area contributed by atoms with Gasteiger partial charge in [0, 0.05) is 29.7 Å². The molecule has 10 heteroatoms. The van der Waals surface area contributed by atoms with Crippen molar-refractivity contribution in [1.29, 1.82) is 0 Å². The number of amides is 5. The molecular formula is C16H18Cl2N4O4. The second-order valence-corrected chi connectivity index (χ2v) is 6.98. The lowest BCUT2D eigenvalue weighted by molar-refractivity contribution is -0.135. The van der Waals surface area contributed by atoms with Gasteiger partial charge in [-0.1, -0.05) is 29.3 Å². The molecule has 140 valence electrons. The van der Waals surface area contributed by atoms with Gasteiger partial charge in [-0.2, -0.15) is 0 Å². The van der Waals surface area contributed by atoms with E-state index in [-0.39, 0.29) is 17.5 Å². The standard InChI is InChI=1S/C16H18Cl2N4O4/c1-16(10-5-4-9(17)6-11(10)18)14(25)22(15(26)20-16)8-12(23)19-7-13(24)21(2)3/h4-6H,7-8H2,1-3H3,(H,19,23)(H,20,26)/t16-/m0/s1. The molecule has 1 aliphatic heterocycles. The van der Waals surface area contributed by atoms with Crippen molar-refractivity contribution in [3.8, 4) is 0 Å². The molecule has 26 heavy (non-hydrogen) atoms. The molecule has 2 rings (SSSR count). The molecule has 0 aromatic heterocycles. The van der Waals surface area contributed by atoms with E-state index in [1.807, 2.05) is 0 Å². The summed E-state index contributed by atoms with van der Waals surface area (Å²) in [5, 5.41) is 5.53. The topological polar surface area (TPSA) is 98.8 Å². The summed E-state index contributed by atoms with van der Waals surface area (Å²) >= 11 is 12.0. The van der Waals surface area contributed by atoms with Gasteiger partial charge in [-0.3, -0.25) is 19.3 Å². The summed E-state index contributed by atoms with van der Waals surface area (Å²) in [5.74, 6) is -1.57. The Kier molecular flexibility index (Phi) is 5.77. The van der Waals surface area contributed by atoms with E-state index in [4.69, 9.17) is 23.2 Å². The van der Waals surface area contributed by atoms with Crippen molar-refractivity contribution in [3.05, 3.63) is 33.8 Å². The molecule has 2 N–H and O–H groups in total. The Morgan fingerprint density at radius 1 is 1.27 bits per heavy atom. The number of hydrogen-bond acceptors (Lipinski definition) is 4. The number of carbonyl (C=O) groups excluding carboxylic acids is 4. The molecule has 0 bridgehead atoms. The van der Waals surface area contributed by atoms with Crippen molar-refractivity contribution in [3.63, 3.8) is 0 Å². The SMILES string of the molecule is CN(C)C(=O)CNC(=O)CN1C(=O)N[C@@](C)(c2ccc(Cl)cc2Cl)C1=O. The van der Waals surface area contributed by atoms with E-state index in [0.29, 0.717) is 10.6 Å². The van der Waals surface area contributed by atoms with Crippen LogP contribution in [-0.4, -0.2) is 60.7 Å². The number of halogens is 2. The monoisotopic (exact) mass is 400 g/mol. The van der Waals surface area contributed by atoms with Gasteiger partial charge < -0.3 is 15.5 Å². The molecule has 5 amide bonds. The molecule has 8 nitrogen and oxygen atoms in total. The van der Waals surface area contributed by atoms with E-state index in [2.05, 4.69) is 10.6 Å². The molecule has 0 radical (unpaired) electrons. The first-order chi connectivity index (χ1) is 12.1. The first-order valence-corrected chi connectivity index (χ1v) is 8.38. The van der Waals surface area contributed by atoms with Crippen molar-refractivity contribution in [1.82, 2.24) is 20.4 Å². The maximum Gasteiger partial charge on any atom is 0.325 e. The summed E-state index contributed by atoms with van der Waals surface area (Å²) in [6.45, 7) is 0.762. The van der Waals surface area contributed by atoms with E-state index in [1.165, 1.54) is 17.9 Å². The fourth-order valence-electron chi connectivity index (χ4n) is 2.45. The highest BCUT2D eigenvalue weighted by atomic mass is 35.5. The van der Waals surface area contributed by atoms with Gasteiger partial charge >= 0.3 is 6.03 Å². The third-order valence-corrected chi connectivity index (χ3v) is 4.53. The molecule has 1 aliphatic rings. The van der Waals surface area contributed by atoms with E-state index in [1.54, 1.807) is 26.2 Å². The van der Waals surface area contributed by atoms with Crippen molar-refractivity contribution in [2.75, 3.05) is 27.2 Å². The minimum Gasteiger partial charge on any atom is -0.347 e. The Hall–Kier alpha value is -2.32. The van der Waals surface area contributed by atoms with Crippen LogP contribution in [0.25, 0.3) is 0 Å². The van der Waals surface area contributed by atoms with Crippen LogP contribution in [0.5, 0.6) is 0 Å². The normalized spacial score (nSPS) is 19.3. The summed E-state index contributed by atoms with van der Waals surface area (Å²) in [4.78, 5) is 50.5. The second-order valence-electron chi connectivity index (χ2n) is 6.14. The maximum atomic E-state index is 12.8. The Balaban J connectivity index is 2.13. The van der Waals surface area contributed by atoms with Crippen molar-refractivity contribution in [2.24, 2.45) is 0 Å². The first-order valence-electron chi connectivity index (χ1n) is 7.62. The molecule has 1 aromatic carbocycles. The minimum absolute atomic E-state index is 0.219. The van der Waals surface area contributed by atoms with Crippen molar-refractivity contribution in [2.45, 2.75) is 12.5 Å². The van der Waals surface area contributed by atoms with E-state index in [9.17, 15) is 19.2 Å². The number of rotatable bonds is 5. The predicted octanol–water partition coefficient (Wildman–Crippen LogP) is 0.965. The molecule has 1 saturated heterocycles. The maximum absolute atomic E-state index is 12.8. The Bertz CT molecular complexity index is 784. The van der Waals surface area contributed by atoms with Crippen LogP contribution in [0.3, 0.4) is 0 Å². The highest BCUT2D eigenvalue weighted by molar-refractivity contribution is 6.35. The van der Waals surface area contributed by atoms with Gasteiger partial charge in [0.2, 0.25) is 11.8 Å². The van der Waals surface area contributed by atoms with Crippen molar-refractivity contribution < 1.29 is 19.2 Å². The zero-order chi connectivity index (χ0) is 19.6. The number of urea groups is 1. The predicted molar refractivity (Wildman–Crippen MR) is 95.8 cm³/mol.